The zero-order valence-corrected chi connectivity index (χ0v) is 12.8. The van der Waals surface area contributed by atoms with Crippen LogP contribution in [0.2, 0.25) is 0 Å². The van der Waals surface area contributed by atoms with Crippen molar-refractivity contribution in [3.63, 3.8) is 0 Å². The molecule has 0 aliphatic rings. The Kier molecular flexibility index (Phi) is 4.47. The molecule has 1 N–H and O–H groups in total. The van der Waals surface area contributed by atoms with Gasteiger partial charge in [0.15, 0.2) is 5.82 Å². The number of aromatic nitrogens is 2. The van der Waals surface area contributed by atoms with Gasteiger partial charge in [0.1, 0.15) is 5.60 Å². The Morgan fingerprint density at radius 1 is 1.43 bits per heavy atom. The Bertz CT molecular complexity index is 634. The summed E-state index contributed by atoms with van der Waals surface area (Å²) in [5.74, 6) is 0.940. The lowest BCUT2D eigenvalue weighted by Gasteiger charge is -2.19. The summed E-state index contributed by atoms with van der Waals surface area (Å²) in [4.78, 5) is 15.8. The van der Waals surface area contributed by atoms with Gasteiger partial charge in [-0.3, -0.25) is 5.32 Å². The highest BCUT2D eigenvalue weighted by atomic mass is 35.5. The highest BCUT2D eigenvalue weighted by Gasteiger charge is 2.16. The largest absolute Gasteiger partial charge is 0.444 e. The number of nitrogens with one attached hydrogen (secondary N) is 1. The molecule has 0 unspecified atom stereocenters. The van der Waals surface area contributed by atoms with Crippen LogP contribution in [0.4, 0.5) is 10.5 Å². The molecule has 0 aliphatic heterocycles. The minimum absolute atomic E-state index is 0.180. The third-order valence-electron chi connectivity index (χ3n) is 2.34. The Morgan fingerprint density at radius 2 is 2.19 bits per heavy atom. The minimum Gasteiger partial charge on any atom is -0.444 e. The second kappa shape index (κ2) is 6.13. The van der Waals surface area contributed by atoms with Crippen molar-refractivity contribution in [2.45, 2.75) is 32.3 Å². The van der Waals surface area contributed by atoms with E-state index in [1.54, 1.807) is 45.0 Å². The van der Waals surface area contributed by atoms with Gasteiger partial charge < -0.3 is 9.26 Å². The maximum Gasteiger partial charge on any atom is 0.412 e. The lowest BCUT2D eigenvalue weighted by molar-refractivity contribution is 0.0636. The minimum atomic E-state index is -0.552. The first-order valence-electron chi connectivity index (χ1n) is 6.36. The zero-order chi connectivity index (χ0) is 15.5. The number of hydrogen-bond acceptors (Lipinski definition) is 5. The first-order chi connectivity index (χ1) is 9.87. The summed E-state index contributed by atoms with van der Waals surface area (Å²) < 4.78 is 10.3. The molecule has 1 amide bonds. The number of carbonyl (C=O) groups is 1. The molecule has 2 aromatic rings. The van der Waals surface area contributed by atoms with E-state index in [-0.39, 0.29) is 5.88 Å². The van der Waals surface area contributed by atoms with Crippen LogP contribution in [0.25, 0.3) is 11.5 Å². The van der Waals surface area contributed by atoms with Crippen molar-refractivity contribution in [1.29, 1.82) is 0 Å². The quantitative estimate of drug-likeness (QED) is 0.872. The monoisotopic (exact) mass is 309 g/mol. The fourth-order valence-electron chi connectivity index (χ4n) is 1.58. The molecule has 0 spiro atoms. The Balaban J connectivity index is 2.12. The van der Waals surface area contributed by atoms with E-state index in [0.717, 1.165) is 0 Å². The van der Waals surface area contributed by atoms with Crippen LogP contribution < -0.4 is 5.32 Å². The zero-order valence-electron chi connectivity index (χ0n) is 12.0. The fourth-order valence-corrected chi connectivity index (χ4v) is 1.69. The lowest BCUT2D eigenvalue weighted by atomic mass is 10.2. The number of amides is 1. The average Bonchev–Trinajstić information content (AvgIpc) is 2.85. The number of benzene rings is 1. The second-order valence-corrected chi connectivity index (χ2v) is 5.62. The first-order valence-corrected chi connectivity index (χ1v) is 6.90. The number of carbonyl (C=O) groups excluding carboxylic acids is 1. The fraction of sp³-hybridized carbons (Fsp3) is 0.357. The number of anilines is 1. The predicted molar refractivity (Wildman–Crippen MR) is 79.1 cm³/mol. The summed E-state index contributed by atoms with van der Waals surface area (Å²) in [6.07, 6.45) is -0.522. The number of halogens is 1. The van der Waals surface area contributed by atoms with Crippen molar-refractivity contribution in [3.8, 4) is 11.5 Å². The summed E-state index contributed by atoms with van der Waals surface area (Å²) >= 11 is 5.63. The molecule has 0 aliphatic carbocycles. The molecule has 0 radical (unpaired) electrons. The summed E-state index contributed by atoms with van der Waals surface area (Å²) in [5, 5.41) is 6.37. The highest BCUT2D eigenvalue weighted by Crippen LogP contribution is 2.22. The molecule has 0 saturated heterocycles. The summed E-state index contributed by atoms with van der Waals surface area (Å²) in [6, 6.07) is 7.03. The molecule has 1 heterocycles. The van der Waals surface area contributed by atoms with Gasteiger partial charge >= 0.3 is 6.09 Å². The van der Waals surface area contributed by atoms with Gasteiger partial charge in [-0.05, 0) is 39.0 Å². The predicted octanol–water partition coefficient (Wildman–Crippen LogP) is 3.82. The topological polar surface area (TPSA) is 77.2 Å². The van der Waals surface area contributed by atoms with Crippen LogP contribution >= 0.6 is 11.6 Å². The highest BCUT2D eigenvalue weighted by molar-refractivity contribution is 6.16. The normalized spacial score (nSPS) is 11.2. The van der Waals surface area contributed by atoms with Gasteiger partial charge in [-0.15, -0.1) is 11.6 Å². The SMILES string of the molecule is CC(C)(C)OC(=O)Nc1cccc(-c2nc(CCl)no2)c1. The number of ether oxygens (including phenoxy) is 1. The number of rotatable bonds is 3. The molecular weight excluding hydrogens is 294 g/mol. The molecular formula is C14H16ClN3O3. The average molecular weight is 310 g/mol. The maximum absolute atomic E-state index is 11.7. The van der Waals surface area contributed by atoms with Crippen molar-refractivity contribution < 1.29 is 14.1 Å². The van der Waals surface area contributed by atoms with Gasteiger partial charge in [0.2, 0.25) is 0 Å². The smallest absolute Gasteiger partial charge is 0.412 e. The molecule has 0 atom stereocenters. The molecule has 112 valence electrons. The van der Waals surface area contributed by atoms with Crippen LogP contribution in [0.5, 0.6) is 0 Å². The van der Waals surface area contributed by atoms with Crippen molar-refractivity contribution in [2.24, 2.45) is 0 Å². The van der Waals surface area contributed by atoms with Crippen LogP contribution in [-0.4, -0.2) is 21.8 Å². The Labute approximate surface area is 127 Å². The Hall–Kier alpha value is -2.08. The molecule has 0 fully saturated rings. The standard InChI is InChI=1S/C14H16ClN3O3/c1-14(2,3)20-13(19)16-10-6-4-5-9(7-10)12-17-11(8-15)18-21-12/h4-7H,8H2,1-3H3,(H,16,19). The van der Waals surface area contributed by atoms with E-state index in [2.05, 4.69) is 15.5 Å². The van der Waals surface area contributed by atoms with Crippen LogP contribution in [-0.2, 0) is 10.6 Å². The molecule has 2 rings (SSSR count). The molecule has 7 heteroatoms. The van der Waals surface area contributed by atoms with Crippen LogP contribution in [0.15, 0.2) is 28.8 Å². The van der Waals surface area contributed by atoms with Crippen molar-refractivity contribution in [2.75, 3.05) is 5.32 Å². The van der Waals surface area contributed by atoms with E-state index in [0.29, 0.717) is 23.0 Å². The molecule has 6 nitrogen and oxygen atoms in total. The van der Waals surface area contributed by atoms with Gasteiger partial charge in [0.05, 0.1) is 5.88 Å². The number of nitrogens with zero attached hydrogens (tertiary/aromatic N) is 2. The van der Waals surface area contributed by atoms with Gasteiger partial charge in [-0.25, -0.2) is 4.79 Å². The molecule has 1 aromatic heterocycles. The summed E-state index contributed by atoms with van der Waals surface area (Å²) in [5.41, 5.74) is 0.712. The van der Waals surface area contributed by atoms with Crippen LogP contribution in [0.3, 0.4) is 0 Å². The first kappa shape index (κ1) is 15.3. The number of alkyl halides is 1. The van der Waals surface area contributed by atoms with E-state index in [9.17, 15) is 4.79 Å². The van der Waals surface area contributed by atoms with Gasteiger partial charge in [-0.1, -0.05) is 11.2 Å². The third kappa shape index (κ3) is 4.46. The number of hydrogen-bond donors (Lipinski definition) is 1. The maximum atomic E-state index is 11.7. The Morgan fingerprint density at radius 3 is 2.81 bits per heavy atom. The molecule has 1 aromatic carbocycles. The van der Waals surface area contributed by atoms with E-state index in [1.165, 1.54) is 0 Å². The summed E-state index contributed by atoms with van der Waals surface area (Å²) in [7, 11) is 0. The lowest BCUT2D eigenvalue weighted by Crippen LogP contribution is -2.27. The van der Waals surface area contributed by atoms with Crippen LogP contribution in [0, 0.1) is 0 Å². The van der Waals surface area contributed by atoms with Crippen molar-refractivity contribution >= 4 is 23.4 Å². The van der Waals surface area contributed by atoms with E-state index >= 15 is 0 Å². The van der Waals surface area contributed by atoms with Gasteiger partial charge in [-0.2, -0.15) is 4.98 Å². The van der Waals surface area contributed by atoms with Crippen molar-refractivity contribution in [1.82, 2.24) is 10.1 Å². The van der Waals surface area contributed by atoms with E-state index in [4.69, 9.17) is 20.9 Å². The van der Waals surface area contributed by atoms with E-state index in [1.807, 2.05) is 0 Å². The van der Waals surface area contributed by atoms with E-state index < -0.39 is 11.7 Å². The van der Waals surface area contributed by atoms with Gasteiger partial charge in [0, 0.05) is 11.3 Å². The molecule has 0 bridgehead atoms. The van der Waals surface area contributed by atoms with Crippen LogP contribution in [0.1, 0.15) is 26.6 Å². The molecule has 21 heavy (non-hydrogen) atoms. The van der Waals surface area contributed by atoms with Gasteiger partial charge in [0.25, 0.3) is 5.89 Å². The summed E-state index contributed by atoms with van der Waals surface area (Å²) in [6.45, 7) is 5.40. The second-order valence-electron chi connectivity index (χ2n) is 5.36. The molecule has 0 saturated carbocycles. The third-order valence-corrected chi connectivity index (χ3v) is 2.58. The van der Waals surface area contributed by atoms with Crippen molar-refractivity contribution in [3.05, 3.63) is 30.1 Å².